The number of carbonyl (C=O) groups is 3. The molecule has 0 aromatic heterocycles. The molecule has 1 saturated heterocycles. The molecule has 6 heteroatoms. The molecule has 1 aromatic carbocycles. The largest absolute Gasteiger partial charge is 0.478 e. The van der Waals surface area contributed by atoms with E-state index in [9.17, 15) is 19.5 Å². The van der Waals surface area contributed by atoms with Gasteiger partial charge in [0, 0.05) is 25.6 Å². The van der Waals surface area contributed by atoms with Gasteiger partial charge in [-0.1, -0.05) is 32.0 Å². The molecule has 0 radical (unpaired) electrons. The van der Waals surface area contributed by atoms with Crippen molar-refractivity contribution < 1.29 is 19.5 Å². The molecule has 1 aliphatic heterocycles. The third-order valence-corrected chi connectivity index (χ3v) is 4.39. The van der Waals surface area contributed by atoms with Gasteiger partial charge >= 0.3 is 5.97 Å². The normalized spacial score (nSPS) is 15.2. The molecule has 0 spiro atoms. The van der Waals surface area contributed by atoms with Crippen molar-refractivity contribution in [3.63, 3.8) is 0 Å². The van der Waals surface area contributed by atoms with E-state index in [2.05, 4.69) is 5.32 Å². The topological polar surface area (TPSA) is 86.7 Å². The molecule has 6 nitrogen and oxygen atoms in total. The van der Waals surface area contributed by atoms with Gasteiger partial charge in [-0.2, -0.15) is 0 Å². The molecule has 25 heavy (non-hydrogen) atoms. The van der Waals surface area contributed by atoms with Crippen molar-refractivity contribution >= 4 is 17.8 Å². The predicted octanol–water partition coefficient (Wildman–Crippen LogP) is 2.08. The van der Waals surface area contributed by atoms with Gasteiger partial charge in [0.1, 0.15) is 0 Å². The number of nitrogens with one attached hydrogen (secondary N) is 1. The number of nitrogens with zero attached hydrogens (tertiary/aromatic N) is 1. The molecule has 0 atom stereocenters. The molecule has 1 aromatic rings. The van der Waals surface area contributed by atoms with Crippen molar-refractivity contribution in [1.29, 1.82) is 0 Å². The summed E-state index contributed by atoms with van der Waals surface area (Å²) in [6.07, 6.45) is 2.07. The molecular formula is C19H26N2O4. The Labute approximate surface area is 148 Å². The van der Waals surface area contributed by atoms with Gasteiger partial charge in [0.15, 0.2) is 0 Å². The number of rotatable bonds is 6. The van der Waals surface area contributed by atoms with E-state index in [0.717, 1.165) is 12.8 Å². The third kappa shape index (κ3) is 5.59. The number of likely N-dealkylation sites (tertiary alicyclic amines) is 1. The molecule has 0 unspecified atom stereocenters. The van der Waals surface area contributed by atoms with E-state index >= 15 is 0 Å². The minimum absolute atomic E-state index is 0.0348. The highest BCUT2D eigenvalue weighted by Crippen LogP contribution is 2.15. The van der Waals surface area contributed by atoms with Crippen LogP contribution in [-0.2, 0) is 16.0 Å². The lowest BCUT2D eigenvalue weighted by Crippen LogP contribution is -2.47. The average molecular weight is 346 g/mol. The van der Waals surface area contributed by atoms with Crippen molar-refractivity contribution in [3.05, 3.63) is 35.4 Å². The zero-order valence-corrected chi connectivity index (χ0v) is 14.8. The van der Waals surface area contributed by atoms with Gasteiger partial charge in [0.25, 0.3) is 0 Å². The number of carboxylic acid groups (broad SMARTS) is 1. The molecule has 136 valence electrons. The number of amides is 2. The highest BCUT2D eigenvalue weighted by atomic mass is 16.4. The van der Waals surface area contributed by atoms with Gasteiger partial charge in [0.2, 0.25) is 11.8 Å². The Morgan fingerprint density at radius 2 is 1.84 bits per heavy atom. The lowest BCUT2D eigenvalue weighted by Gasteiger charge is -2.33. The van der Waals surface area contributed by atoms with Crippen molar-refractivity contribution in [2.24, 2.45) is 5.92 Å². The average Bonchev–Trinajstić information content (AvgIpc) is 2.55. The maximum atomic E-state index is 12.2. The van der Waals surface area contributed by atoms with Gasteiger partial charge in [0.05, 0.1) is 12.0 Å². The summed E-state index contributed by atoms with van der Waals surface area (Å²) in [4.78, 5) is 37.4. The molecule has 2 amide bonds. The molecule has 1 heterocycles. The number of piperidine rings is 1. The molecule has 0 saturated carbocycles. The Morgan fingerprint density at radius 1 is 1.20 bits per heavy atom. The molecular weight excluding hydrogens is 320 g/mol. The first-order valence-electron chi connectivity index (χ1n) is 8.75. The predicted molar refractivity (Wildman–Crippen MR) is 94.3 cm³/mol. The standard InChI is InChI=1S/C19H26N2O4/c1-13(2)11-18(23)21-9-7-15(8-10-21)20-17(22)12-14-5-3-4-6-16(14)19(24)25/h3-6,13,15H,7-12H2,1-2H3,(H,20,22)(H,24,25). The Kier molecular flexibility index (Phi) is 6.56. The van der Waals surface area contributed by atoms with Gasteiger partial charge in [-0.25, -0.2) is 4.79 Å². The summed E-state index contributed by atoms with van der Waals surface area (Å²) in [5.74, 6) is -0.685. The van der Waals surface area contributed by atoms with Crippen molar-refractivity contribution in [2.45, 2.75) is 45.6 Å². The van der Waals surface area contributed by atoms with Crippen LogP contribution in [0.4, 0.5) is 0 Å². The number of benzene rings is 1. The first-order valence-corrected chi connectivity index (χ1v) is 8.75. The Morgan fingerprint density at radius 3 is 2.44 bits per heavy atom. The summed E-state index contributed by atoms with van der Waals surface area (Å²) in [5, 5.41) is 12.1. The summed E-state index contributed by atoms with van der Waals surface area (Å²) in [5.41, 5.74) is 0.670. The highest BCUT2D eigenvalue weighted by Gasteiger charge is 2.24. The summed E-state index contributed by atoms with van der Waals surface area (Å²) in [6, 6.07) is 6.58. The van der Waals surface area contributed by atoms with Gasteiger partial charge in [-0.3, -0.25) is 9.59 Å². The number of carbonyl (C=O) groups excluding carboxylic acids is 2. The second-order valence-corrected chi connectivity index (χ2v) is 6.96. The molecule has 1 aliphatic rings. The van der Waals surface area contributed by atoms with E-state index in [1.807, 2.05) is 18.7 Å². The highest BCUT2D eigenvalue weighted by molar-refractivity contribution is 5.91. The first-order chi connectivity index (χ1) is 11.9. The van der Waals surface area contributed by atoms with E-state index in [0.29, 0.717) is 31.0 Å². The zero-order valence-electron chi connectivity index (χ0n) is 14.8. The van der Waals surface area contributed by atoms with E-state index < -0.39 is 5.97 Å². The Hall–Kier alpha value is -2.37. The van der Waals surface area contributed by atoms with Gasteiger partial charge in [-0.15, -0.1) is 0 Å². The number of aromatic carboxylic acids is 1. The molecule has 2 N–H and O–H groups in total. The van der Waals surface area contributed by atoms with Crippen molar-refractivity contribution in [3.8, 4) is 0 Å². The van der Waals surface area contributed by atoms with Crippen LogP contribution in [0.2, 0.25) is 0 Å². The zero-order chi connectivity index (χ0) is 18.4. The molecule has 0 bridgehead atoms. The van der Waals surface area contributed by atoms with Crippen LogP contribution in [-0.4, -0.2) is 46.9 Å². The minimum atomic E-state index is -1.03. The summed E-state index contributed by atoms with van der Waals surface area (Å²) in [6.45, 7) is 5.37. The van der Waals surface area contributed by atoms with E-state index in [-0.39, 0.29) is 29.8 Å². The van der Waals surface area contributed by atoms with Crippen LogP contribution in [0.25, 0.3) is 0 Å². The smallest absolute Gasteiger partial charge is 0.335 e. The van der Waals surface area contributed by atoms with E-state index in [1.54, 1.807) is 18.2 Å². The summed E-state index contributed by atoms with van der Waals surface area (Å²) >= 11 is 0. The van der Waals surface area contributed by atoms with E-state index in [4.69, 9.17) is 0 Å². The van der Waals surface area contributed by atoms with Crippen molar-refractivity contribution in [1.82, 2.24) is 10.2 Å². The first kappa shape index (κ1) is 19.0. The van der Waals surface area contributed by atoms with Crippen LogP contribution in [0.1, 0.15) is 49.0 Å². The maximum absolute atomic E-state index is 12.2. The fraction of sp³-hybridized carbons (Fsp3) is 0.526. The quantitative estimate of drug-likeness (QED) is 0.826. The van der Waals surface area contributed by atoms with Crippen molar-refractivity contribution in [2.75, 3.05) is 13.1 Å². The number of hydrogen-bond donors (Lipinski definition) is 2. The van der Waals surface area contributed by atoms with Crippen LogP contribution < -0.4 is 5.32 Å². The molecule has 2 rings (SSSR count). The van der Waals surface area contributed by atoms with Gasteiger partial charge in [-0.05, 0) is 30.4 Å². The molecule has 1 fully saturated rings. The fourth-order valence-corrected chi connectivity index (χ4v) is 3.09. The summed E-state index contributed by atoms with van der Waals surface area (Å²) in [7, 11) is 0. The van der Waals surface area contributed by atoms with Gasteiger partial charge < -0.3 is 15.3 Å². The van der Waals surface area contributed by atoms with Crippen LogP contribution in [0.5, 0.6) is 0 Å². The minimum Gasteiger partial charge on any atom is -0.478 e. The maximum Gasteiger partial charge on any atom is 0.335 e. The second-order valence-electron chi connectivity index (χ2n) is 6.96. The lowest BCUT2D eigenvalue weighted by molar-refractivity contribution is -0.133. The SMILES string of the molecule is CC(C)CC(=O)N1CCC(NC(=O)Cc2ccccc2C(=O)O)CC1. The van der Waals surface area contributed by atoms with Crippen LogP contribution in [0, 0.1) is 5.92 Å². The Balaban J connectivity index is 1.83. The fourth-order valence-electron chi connectivity index (χ4n) is 3.09. The number of hydrogen-bond acceptors (Lipinski definition) is 3. The summed E-state index contributed by atoms with van der Waals surface area (Å²) < 4.78 is 0. The Bertz CT molecular complexity index is 634. The molecule has 0 aliphatic carbocycles. The lowest BCUT2D eigenvalue weighted by atomic mass is 10.0. The number of carboxylic acids is 1. The van der Waals surface area contributed by atoms with Crippen LogP contribution >= 0.6 is 0 Å². The van der Waals surface area contributed by atoms with E-state index in [1.165, 1.54) is 6.07 Å². The van der Waals surface area contributed by atoms with Crippen LogP contribution in [0.15, 0.2) is 24.3 Å². The van der Waals surface area contributed by atoms with Crippen LogP contribution in [0.3, 0.4) is 0 Å². The second kappa shape index (κ2) is 8.65. The monoisotopic (exact) mass is 346 g/mol. The third-order valence-electron chi connectivity index (χ3n) is 4.39.